The van der Waals surface area contributed by atoms with Crippen LogP contribution in [0.5, 0.6) is 5.75 Å². The number of hydrogen-bond acceptors (Lipinski definition) is 9. The number of thiophene rings is 2. The molecule has 0 aliphatic carbocycles. The van der Waals surface area contributed by atoms with Gasteiger partial charge in [-0.3, -0.25) is 15.0 Å². The van der Waals surface area contributed by atoms with Gasteiger partial charge in [0.2, 0.25) is 0 Å². The summed E-state index contributed by atoms with van der Waals surface area (Å²) in [6, 6.07) is 12.0. The van der Waals surface area contributed by atoms with Crippen LogP contribution in [-0.4, -0.2) is 58.4 Å². The van der Waals surface area contributed by atoms with E-state index < -0.39 is 5.91 Å². The maximum atomic E-state index is 12.6. The number of likely N-dealkylation sites (N-methyl/N-ethyl adjacent to an activating group) is 1. The van der Waals surface area contributed by atoms with Crippen LogP contribution in [0.15, 0.2) is 53.4 Å². The maximum Gasteiger partial charge on any atom is 0.275 e. The topological polar surface area (TPSA) is 87.7 Å². The number of imide groups is 1. The Bertz CT molecular complexity index is 1520. The fourth-order valence-electron chi connectivity index (χ4n) is 4.33. The SMILES string of the molecule is CCCN(C)CCOc1ccc(-c2sc3nc(-c4cccs4)nc(NN4C(=O)C=C(C)C4=O)c3c2C)cc1.Cl. The van der Waals surface area contributed by atoms with Crippen LogP contribution in [0.25, 0.3) is 31.4 Å². The highest BCUT2D eigenvalue weighted by Crippen LogP contribution is 2.42. The number of nitrogens with one attached hydrogen (secondary N) is 1. The van der Waals surface area contributed by atoms with Crippen LogP contribution in [0.3, 0.4) is 0 Å². The van der Waals surface area contributed by atoms with Crippen LogP contribution in [0.1, 0.15) is 25.8 Å². The molecule has 5 rings (SSSR count). The Morgan fingerprint density at radius 2 is 1.85 bits per heavy atom. The van der Waals surface area contributed by atoms with Gasteiger partial charge in [-0.2, -0.15) is 5.01 Å². The maximum absolute atomic E-state index is 12.6. The van der Waals surface area contributed by atoms with Gasteiger partial charge in [0.15, 0.2) is 11.6 Å². The number of halogens is 1. The number of ether oxygens (including phenoxy) is 1. The van der Waals surface area contributed by atoms with Crippen LogP contribution in [0.2, 0.25) is 0 Å². The Morgan fingerprint density at radius 1 is 1.08 bits per heavy atom. The first kappa shape index (κ1) is 28.7. The molecule has 0 saturated heterocycles. The molecule has 0 fully saturated rings. The van der Waals surface area contributed by atoms with E-state index in [9.17, 15) is 9.59 Å². The van der Waals surface area contributed by atoms with E-state index in [0.29, 0.717) is 23.8 Å². The number of fused-ring (bicyclic) bond motifs is 1. The molecule has 204 valence electrons. The predicted molar refractivity (Wildman–Crippen MR) is 161 cm³/mol. The third kappa shape index (κ3) is 5.99. The molecule has 1 aliphatic heterocycles. The van der Waals surface area contributed by atoms with Crippen molar-refractivity contribution in [2.24, 2.45) is 0 Å². The smallest absolute Gasteiger partial charge is 0.275 e. The first-order chi connectivity index (χ1) is 18.4. The molecule has 4 heterocycles. The van der Waals surface area contributed by atoms with Crippen molar-refractivity contribution in [3.63, 3.8) is 0 Å². The molecule has 0 bridgehead atoms. The fourth-order valence-corrected chi connectivity index (χ4v) is 6.17. The molecule has 1 aromatic carbocycles. The van der Waals surface area contributed by atoms with Crippen LogP contribution in [-0.2, 0) is 9.59 Å². The lowest BCUT2D eigenvalue weighted by Gasteiger charge is -2.17. The van der Waals surface area contributed by atoms with Crippen LogP contribution >= 0.6 is 35.1 Å². The van der Waals surface area contributed by atoms with Crippen molar-refractivity contribution in [3.8, 4) is 26.9 Å². The molecule has 0 unspecified atom stereocenters. The van der Waals surface area contributed by atoms with Gasteiger partial charge in [-0.15, -0.1) is 35.1 Å². The minimum absolute atomic E-state index is 0. The van der Waals surface area contributed by atoms with E-state index in [-0.39, 0.29) is 18.3 Å². The van der Waals surface area contributed by atoms with E-state index in [1.807, 2.05) is 48.7 Å². The molecular weight excluding hydrogens is 554 g/mol. The second kappa shape index (κ2) is 12.3. The molecule has 0 saturated carbocycles. The molecule has 0 atom stereocenters. The zero-order valence-corrected chi connectivity index (χ0v) is 24.6. The van der Waals surface area contributed by atoms with Crippen molar-refractivity contribution in [1.82, 2.24) is 19.9 Å². The Hall–Kier alpha value is -3.31. The molecule has 3 aromatic heterocycles. The van der Waals surface area contributed by atoms with Crippen LogP contribution in [0.4, 0.5) is 5.82 Å². The normalized spacial score (nSPS) is 13.3. The summed E-state index contributed by atoms with van der Waals surface area (Å²) in [4.78, 5) is 39.6. The molecule has 2 amide bonds. The number of benzene rings is 1. The number of aryl methyl sites for hydroxylation is 1. The van der Waals surface area contributed by atoms with E-state index in [2.05, 4.69) is 24.3 Å². The highest BCUT2D eigenvalue weighted by atomic mass is 35.5. The molecule has 39 heavy (non-hydrogen) atoms. The van der Waals surface area contributed by atoms with E-state index in [1.54, 1.807) is 18.3 Å². The Balaban J connectivity index is 0.00000353. The van der Waals surface area contributed by atoms with Gasteiger partial charge >= 0.3 is 0 Å². The quantitative estimate of drug-likeness (QED) is 0.223. The lowest BCUT2D eigenvalue weighted by atomic mass is 10.1. The standard InChI is InChI=1S/C28H29N5O3S2.ClH/c1-5-12-32(4)13-14-36-20-10-8-19(9-11-20)24-18(3)23-26(31-33-22(34)16-17(2)28(33)35)29-25(30-27(23)38-24)21-7-6-15-37-21;/h6-11,15-16H,5,12-14H2,1-4H3,(H,29,30,31);1H. The second-order valence-electron chi connectivity index (χ2n) is 9.20. The summed E-state index contributed by atoms with van der Waals surface area (Å²) in [5.41, 5.74) is 5.39. The van der Waals surface area contributed by atoms with Gasteiger partial charge in [0, 0.05) is 23.1 Å². The van der Waals surface area contributed by atoms with E-state index in [4.69, 9.17) is 14.7 Å². The minimum atomic E-state index is -0.415. The number of hydrazine groups is 1. The fraction of sp³-hybridized carbons (Fsp3) is 0.286. The number of rotatable bonds is 10. The monoisotopic (exact) mass is 583 g/mol. The summed E-state index contributed by atoms with van der Waals surface area (Å²) in [5.74, 6) is 1.00. The largest absolute Gasteiger partial charge is 0.492 e. The molecule has 4 aromatic rings. The third-order valence-electron chi connectivity index (χ3n) is 6.31. The molecule has 0 radical (unpaired) electrons. The lowest BCUT2D eigenvalue weighted by Crippen LogP contribution is -2.36. The summed E-state index contributed by atoms with van der Waals surface area (Å²) in [6.07, 6.45) is 2.45. The summed E-state index contributed by atoms with van der Waals surface area (Å²) in [7, 11) is 2.10. The van der Waals surface area contributed by atoms with E-state index in [1.165, 1.54) is 17.4 Å². The lowest BCUT2D eigenvalue weighted by molar-refractivity contribution is -0.135. The number of aromatic nitrogens is 2. The van der Waals surface area contributed by atoms with Gasteiger partial charge in [0.25, 0.3) is 11.8 Å². The number of nitrogens with zero attached hydrogens (tertiary/aromatic N) is 4. The number of amides is 2. The highest BCUT2D eigenvalue weighted by molar-refractivity contribution is 7.22. The predicted octanol–water partition coefficient (Wildman–Crippen LogP) is 6.18. The molecule has 8 nitrogen and oxygen atoms in total. The summed E-state index contributed by atoms with van der Waals surface area (Å²) < 4.78 is 5.94. The number of carbonyl (C=O) groups excluding carboxylic acids is 2. The Labute approximate surface area is 241 Å². The minimum Gasteiger partial charge on any atom is -0.492 e. The van der Waals surface area contributed by atoms with E-state index >= 15 is 0 Å². The third-order valence-corrected chi connectivity index (χ3v) is 8.41. The molecule has 1 aliphatic rings. The first-order valence-corrected chi connectivity index (χ1v) is 14.2. The zero-order valence-electron chi connectivity index (χ0n) is 22.2. The Kier molecular flexibility index (Phi) is 9.01. The zero-order chi connectivity index (χ0) is 26.8. The number of anilines is 1. The molecular formula is C28H30ClN5O3S2. The molecule has 11 heteroatoms. The first-order valence-electron chi connectivity index (χ1n) is 12.5. The molecule has 0 spiro atoms. The summed E-state index contributed by atoms with van der Waals surface area (Å²) in [5, 5.41) is 3.76. The summed E-state index contributed by atoms with van der Waals surface area (Å²) in [6.45, 7) is 8.37. The number of hydrogen-bond donors (Lipinski definition) is 1. The highest BCUT2D eigenvalue weighted by Gasteiger charge is 2.30. The average Bonchev–Trinajstić information content (AvgIpc) is 3.61. The van der Waals surface area contributed by atoms with Gasteiger partial charge in [-0.25, -0.2) is 9.97 Å². The van der Waals surface area contributed by atoms with Crippen LogP contribution in [0, 0.1) is 6.92 Å². The summed E-state index contributed by atoms with van der Waals surface area (Å²) >= 11 is 3.09. The van der Waals surface area contributed by atoms with E-state index in [0.717, 1.165) is 61.4 Å². The van der Waals surface area contributed by atoms with Gasteiger partial charge in [-0.05, 0) is 80.7 Å². The van der Waals surface area contributed by atoms with Gasteiger partial charge in [-0.1, -0.05) is 13.0 Å². The van der Waals surface area contributed by atoms with Gasteiger partial charge in [0.05, 0.1) is 10.3 Å². The van der Waals surface area contributed by atoms with Crippen LogP contribution < -0.4 is 10.2 Å². The van der Waals surface area contributed by atoms with Gasteiger partial charge in [0.1, 0.15) is 17.2 Å². The number of carbonyl (C=O) groups is 2. The van der Waals surface area contributed by atoms with Crippen molar-refractivity contribution in [1.29, 1.82) is 0 Å². The average molecular weight is 584 g/mol. The van der Waals surface area contributed by atoms with Crippen molar-refractivity contribution in [2.45, 2.75) is 27.2 Å². The van der Waals surface area contributed by atoms with Crippen molar-refractivity contribution >= 4 is 62.9 Å². The van der Waals surface area contributed by atoms with Gasteiger partial charge < -0.3 is 9.64 Å². The van der Waals surface area contributed by atoms with Crippen molar-refractivity contribution in [3.05, 3.63) is 59.0 Å². The Morgan fingerprint density at radius 3 is 2.49 bits per heavy atom. The second-order valence-corrected chi connectivity index (χ2v) is 11.2. The molecule has 1 N–H and O–H groups in total. The van der Waals surface area contributed by atoms with Crippen molar-refractivity contribution in [2.75, 3.05) is 32.2 Å². The van der Waals surface area contributed by atoms with Crippen molar-refractivity contribution < 1.29 is 14.3 Å².